The van der Waals surface area contributed by atoms with Gasteiger partial charge in [0, 0.05) is 17.3 Å². The van der Waals surface area contributed by atoms with E-state index >= 15 is 0 Å². The van der Waals surface area contributed by atoms with Crippen molar-refractivity contribution in [2.45, 2.75) is 39.3 Å². The molecule has 2 heterocycles. The standard InChI is InChI=1S/C19H19N5O2/c1-12-14-6-2-3-7-15(14)19(26)24(23-12)11-18(25)21-10-17-20-9-13-5-4-8-16(13)22-17/h2-3,6-7,9H,4-5,8,10-11H2,1H3,(H,21,25). The maximum absolute atomic E-state index is 12.5. The van der Waals surface area contributed by atoms with E-state index in [1.165, 1.54) is 10.2 Å². The van der Waals surface area contributed by atoms with Crippen molar-refractivity contribution in [2.75, 3.05) is 0 Å². The van der Waals surface area contributed by atoms with Crippen LogP contribution in [-0.2, 0) is 30.7 Å². The molecule has 7 nitrogen and oxygen atoms in total. The molecule has 0 radical (unpaired) electrons. The van der Waals surface area contributed by atoms with Gasteiger partial charge < -0.3 is 5.32 Å². The van der Waals surface area contributed by atoms with Gasteiger partial charge in [0.1, 0.15) is 12.4 Å². The largest absolute Gasteiger partial charge is 0.347 e. The van der Waals surface area contributed by atoms with Crippen LogP contribution in [0.15, 0.2) is 35.3 Å². The number of carbonyl (C=O) groups is 1. The van der Waals surface area contributed by atoms with E-state index in [1.807, 2.05) is 25.3 Å². The van der Waals surface area contributed by atoms with Gasteiger partial charge in [-0.05, 0) is 37.8 Å². The van der Waals surface area contributed by atoms with Crippen molar-refractivity contribution in [1.82, 2.24) is 25.1 Å². The summed E-state index contributed by atoms with van der Waals surface area (Å²) in [6.45, 7) is 1.94. The molecule has 3 aromatic rings. The number of fused-ring (bicyclic) bond motifs is 2. The Kier molecular flexibility index (Phi) is 4.20. The van der Waals surface area contributed by atoms with Gasteiger partial charge in [-0.1, -0.05) is 18.2 Å². The number of amides is 1. The molecule has 0 saturated heterocycles. The molecule has 26 heavy (non-hydrogen) atoms. The van der Waals surface area contributed by atoms with Crippen molar-refractivity contribution in [3.63, 3.8) is 0 Å². The first-order chi connectivity index (χ1) is 12.6. The van der Waals surface area contributed by atoms with E-state index in [4.69, 9.17) is 0 Å². The zero-order valence-corrected chi connectivity index (χ0v) is 14.5. The van der Waals surface area contributed by atoms with Gasteiger partial charge in [-0.25, -0.2) is 14.6 Å². The van der Waals surface area contributed by atoms with Crippen molar-refractivity contribution in [1.29, 1.82) is 0 Å². The lowest BCUT2D eigenvalue weighted by molar-refractivity contribution is -0.122. The fourth-order valence-corrected chi connectivity index (χ4v) is 3.32. The number of nitrogens with zero attached hydrogens (tertiary/aromatic N) is 4. The average Bonchev–Trinajstić information content (AvgIpc) is 3.12. The lowest BCUT2D eigenvalue weighted by atomic mass is 10.1. The number of aromatic nitrogens is 4. The molecule has 1 aromatic carbocycles. The Bertz CT molecular complexity index is 1060. The zero-order chi connectivity index (χ0) is 18.1. The van der Waals surface area contributed by atoms with Gasteiger partial charge >= 0.3 is 0 Å². The predicted octanol–water partition coefficient (Wildman–Crippen LogP) is 1.30. The van der Waals surface area contributed by atoms with Crippen LogP contribution in [0, 0.1) is 6.92 Å². The first kappa shape index (κ1) is 16.4. The molecule has 1 aliphatic rings. The van der Waals surface area contributed by atoms with Gasteiger partial charge in [0.25, 0.3) is 5.56 Å². The molecule has 1 amide bonds. The van der Waals surface area contributed by atoms with E-state index in [1.54, 1.807) is 12.1 Å². The van der Waals surface area contributed by atoms with E-state index in [9.17, 15) is 9.59 Å². The second kappa shape index (κ2) is 6.67. The third-order valence-electron chi connectivity index (χ3n) is 4.65. The van der Waals surface area contributed by atoms with Crippen LogP contribution in [-0.4, -0.2) is 25.7 Å². The second-order valence-electron chi connectivity index (χ2n) is 6.48. The number of aryl methyl sites for hydroxylation is 3. The summed E-state index contributed by atoms with van der Waals surface area (Å²) in [5, 5.41) is 8.40. The van der Waals surface area contributed by atoms with E-state index in [0.29, 0.717) is 11.2 Å². The van der Waals surface area contributed by atoms with Crippen LogP contribution >= 0.6 is 0 Å². The van der Waals surface area contributed by atoms with Gasteiger partial charge in [0.05, 0.1) is 17.6 Å². The van der Waals surface area contributed by atoms with Crippen LogP contribution in [0.1, 0.15) is 29.2 Å². The number of hydrogen-bond acceptors (Lipinski definition) is 5. The molecule has 7 heteroatoms. The minimum atomic E-state index is -0.293. The maximum atomic E-state index is 12.5. The lowest BCUT2D eigenvalue weighted by Crippen LogP contribution is -2.34. The smallest absolute Gasteiger partial charge is 0.275 e. The molecule has 0 aliphatic heterocycles. The Morgan fingerprint density at radius 3 is 2.88 bits per heavy atom. The summed E-state index contributed by atoms with van der Waals surface area (Å²) < 4.78 is 1.20. The van der Waals surface area contributed by atoms with Gasteiger partial charge in [0.2, 0.25) is 5.91 Å². The first-order valence-electron chi connectivity index (χ1n) is 8.68. The van der Waals surface area contributed by atoms with E-state index in [-0.39, 0.29) is 24.6 Å². The molecule has 0 spiro atoms. The van der Waals surface area contributed by atoms with Gasteiger partial charge in [-0.3, -0.25) is 9.59 Å². The monoisotopic (exact) mass is 349 g/mol. The van der Waals surface area contributed by atoms with Crippen LogP contribution in [0.25, 0.3) is 10.8 Å². The molecule has 1 N–H and O–H groups in total. The van der Waals surface area contributed by atoms with Gasteiger partial charge in [-0.15, -0.1) is 0 Å². The molecule has 0 atom stereocenters. The number of benzene rings is 1. The van der Waals surface area contributed by atoms with Gasteiger partial charge in [0.15, 0.2) is 0 Å². The van der Waals surface area contributed by atoms with Crippen LogP contribution < -0.4 is 10.9 Å². The number of nitrogens with one attached hydrogen (secondary N) is 1. The van der Waals surface area contributed by atoms with Crippen LogP contribution in [0.5, 0.6) is 0 Å². The number of rotatable bonds is 4. The molecule has 0 bridgehead atoms. The maximum Gasteiger partial charge on any atom is 0.275 e. The second-order valence-corrected chi connectivity index (χ2v) is 6.48. The molecular formula is C19H19N5O2. The highest BCUT2D eigenvalue weighted by molar-refractivity contribution is 5.83. The Hall–Kier alpha value is -3.09. The molecule has 0 saturated carbocycles. The molecule has 2 aromatic heterocycles. The highest BCUT2D eigenvalue weighted by Crippen LogP contribution is 2.18. The molecule has 132 valence electrons. The van der Waals surface area contributed by atoms with Crippen LogP contribution in [0.4, 0.5) is 0 Å². The summed E-state index contributed by atoms with van der Waals surface area (Å²) in [4.78, 5) is 33.6. The molecule has 4 rings (SSSR count). The zero-order valence-electron chi connectivity index (χ0n) is 14.5. The van der Waals surface area contributed by atoms with Gasteiger partial charge in [-0.2, -0.15) is 5.10 Å². The summed E-state index contributed by atoms with van der Waals surface area (Å²) in [5.74, 6) is 0.298. The summed E-state index contributed by atoms with van der Waals surface area (Å²) in [7, 11) is 0. The molecule has 0 fully saturated rings. The first-order valence-corrected chi connectivity index (χ1v) is 8.68. The van der Waals surface area contributed by atoms with Crippen molar-refractivity contribution in [2.24, 2.45) is 0 Å². The van der Waals surface area contributed by atoms with Crippen molar-refractivity contribution in [3.8, 4) is 0 Å². The normalized spacial score (nSPS) is 13.0. The molecule has 0 unspecified atom stereocenters. The third-order valence-corrected chi connectivity index (χ3v) is 4.65. The van der Waals surface area contributed by atoms with Crippen LogP contribution in [0.3, 0.4) is 0 Å². The predicted molar refractivity (Wildman–Crippen MR) is 96.6 cm³/mol. The molecular weight excluding hydrogens is 330 g/mol. The van der Waals surface area contributed by atoms with Crippen LogP contribution in [0.2, 0.25) is 0 Å². The fourth-order valence-electron chi connectivity index (χ4n) is 3.32. The van der Waals surface area contributed by atoms with E-state index in [2.05, 4.69) is 20.4 Å². The summed E-state index contributed by atoms with van der Waals surface area (Å²) >= 11 is 0. The number of hydrogen-bond donors (Lipinski definition) is 1. The quantitative estimate of drug-likeness (QED) is 0.767. The third kappa shape index (κ3) is 3.08. The van der Waals surface area contributed by atoms with Crippen molar-refractivity contribution in [3.05, 3.63) is 63.6 Å². The highest BCUT2D eigenvalue weighted by atomic mass is 16.2. The van der Waals surface area contributed by atoms with E-state index < -0.39 is 0 Å². The number of carbonyl (C=O) groups excluding carboxylic acids is 1. The fraction of sp³-hybridized carbons (Fsp3) is 0.316. The Morgan fingerprint density at radius 2 is 2.04 bits per heavy atom. The Labute approximate surface area is 150 Å². The lowest BCUT2D eigenvalue weighted by Gasteiger charge is -2.09. The summed E-state index contributed by atoms with van der Waals surface area (Å²) in [6, 6.07) is 7.27. The SMILES string of the molecule is Cc1nn(CC(=O)NCc2ncc3c(n2)CCC3)c(=O)c2ccccc12. The average molecular weight is 349 g/mol. The Balaban J connectivity index is 1.48. The molecule has 1 aliphatic carbocycles. The Morgan fingerprint density at radius 1 is 1.23 bits per heavy atom. The minimum Gasteiger partial charge on any atom is -0.347 e. The van der Waals surface area contributed by atoms with E-state index in [0.717, 1.165) is 36.0 Å². The topological polar surface area (TPSA) is 89.8 Å². The summed E-state index contributed by atoms with van der Waals surface area (Å²) in [6.07, 6.45) is 4.94. The summed E-state index contributed by atoms with van der Waals surface area (Å²) in [5.41, 5.74) is 2.72. The minimum absolute atomic E-state index is 0.130. The van der Waals surface area contributed by atoms with Crippen molar-refractivity contribution >= 4 is 16.7 Å². The van der Waals surface area contributed by atoms with Crippen molar-refractivity contribution < 1.29 is 4.79 Å². The highest BCUT2D eigenvalue weighted by Gasteiger charge is 2.14.